The molecule has 3 aromatic rings. The Kier molecular flexibility index (Phi) is 6.58. The van der Waals surface area contributed by atoms with E-state index < -0.39 is 0 Å². The number of nitrogens with one attached hydrogen (secondary N) is 1. The predicted octanol–water partition coefficient (Wildman–Crippen LogP) is 5.35. The maximum Gasteiger partial charge on any atom is 0.241 e. The average molecular weight is 457 g/mol. The number of carbonyl (C=O) groups excluding carboxylic acids is 1. The molecule has 1 aliphatic heterocycles. The first-order chi connectivity index (χ1) is 15.3. The lowest BCUT2D eigenvalue weighted by Gasteiger charge is -2.34. The summed E-state index contributed by atoms with van der Waals surface area (Å²) in [5, 5.41) is 7.55. The Bertz CT molecular complexity index is 1110. The molecule has 2 atom stereocenters. The number of likely N-dealkylation sites (tertiary alicyclic amines) is 1. The summed E-state index contributed by atoms with van der Waals surface area (Å²) < 4.78 is 19.0. The Morgan fingerprint density at radius 2 is 2.12 bits per heavy atom. The summed E-state index contributed by atoms with van der Waals surface area (Å²) in [4.78, 5) is 19.6. The number of hydrogen-bond donors (Lipinski definition) is 1. The molecule has 2 aromatic carbocycles. The van der Waals surface area contributed by atoms with Crippen LogP contribution in [0.3, 0.4) is 0 Å². The molecule has 168 valence electrons. The SMILES string of the molecule is Cc1cc(C)c(NC(=O)C(C)N2CCCC(c3nc(-c4cccc(F)c4)no3)C2)c(Cl)c1. The third-order valence-electron chi connectivity index (χ3n) is 5.93. The van der Waals surface area contributed by atoms with Gasteiger partial charge in [-0.2, -0.15) is 4.98 Å². The summed E-state index contributed by atoms with van der Waals surface area (Å²) in [6.45, 7) is 7.22. The molecule has 1 N–H and O–H groups in total. The number of anilines is 1. The van der Waals surface area contributed by atoms with E-state index in [1.54, 1.807) is 12.1 Å². The molecule has 0 saturated carbocycles. The van der Waals surface area contributed by atoms with Gasteiger partial charge in [0, 0.05) is 12.1 Å². The lowest BCUT2D eigenvalue weighted by molar-refractivity contribution is -0.121. The fraction of sp³-hybridized carbons (Fsp3) is 0.375. The molecule has 2 heterocycles. The van der Waals surface area contributed by atoms with Gasteiger partial charge in [-0.1, -0.05) is 35.0 Å². The van der Waals surface area contributed by atoms with Crippen molar-refractivity contribution in [2.75, 3.05) is 18.4 Å². The van der Waals surface area contributed by atoms with Crippen molar-refractivity contribution in [2.24, 2.45) is 0 Å². The van der Waals surface area contributed by atoms with Crippen molar-refractivity contribution in [1.29, 1.82) is 0 Å². The molecule has 8 heteroatoms. The van der Waals surface area contributed by atoms with Crippen LogP contribution in [0.25, 0.3) is 11.4 Å². The molecule has 0 aliphatic carbocycles. The van der Waals surface area contributed by atoms with Crippen molar-refractivity contribution < 1.29 is 13.7 Å². The highest BCUT2D eigenvalue weighted by atomic mass is 35.5. The summed E-state index contributed by atoms with van der Waals surface area (Å²) in [5.41, 5.74) is 3.21. The smallest absolute Gasteiger partial charge is 0.241 e. The van der Waals surface area contributed by atoms with Gasteiger partial charge in [-0.25, -0.2) is 4.39 Å². The molecule has 1 saturated heterocycles. The summed E-state index contributed by atoms with van der Waals surface area (Å²) in [7, 11) is 0. The normalized spacial score (nSPS) is 17.8. The highest BCUT2D eigenvalue weighted by Crippen LogP contribution is 2.30. The highest BCUT2D eigenvalue weighted by Gasteiger charge is 2.31. The molecule has 1 amide bonds. The topological polar surface area (TPSA) is 71.3 Å². The maximum absolute atomic E-state index is 13.5. The van der Waals surface area contributed by atoms with Crippen molar-refractivity contribution in [2.45, 2.75) is 45.6 Å². The van der Waals surface area contributed by atoms with Crippen LogP contribution in [0.15, 0.2) is 40.9 Å². The fourth-order valence-electron chi connectivity index (χ4n) is 4.17. The predicted molar refractivity (Wildman–Crippen MR) is 122 cm³/mol. The van der Waals surface area contributed by atoms with Gasteiger partial charge in [-0.15, -0.1) is 0 Å². The number of aromatic nitrogens is 2. The number of aryl methyl sites for hydroxylation is 2. The van der Waals surface area contributed by atoms with E-state index in [9.17, 15) is 9.18 Å². The van der Waals surface area contributed by atoms with Crippen LogP contribution in [0.5, 0.6) is 0 Å². The number of benzene rings is 2. The van der Waals surface area contributed by atoms with E-state index in [1.165, 1.54) is 12.1 Å². The van der Waals surface area contributed by atoms with E-state index in [2.05, 4.69) is 20.4 Å². The molecular formula is C24H26ClFN4O2. The van der Waals surface area contributed by atoms with Crippen LogP contribution in [0.4, 0.5) is 10.1 Å². The number of carbonyl (C=O) groups is 1. The monoisotopic (exact) mass is 456 g/mol. The number of rotatable bonds is 5. The minimum atomic E-state index is -0.347. The molecule has 1 aromatic heterocycles. The van der Waals surface area contributed by atoms with Gasteiger partial charge in [0.05, 0.1) is 22.7 Å². The number of amides is 1. The Morgan fingerprint density at radius 3 is 2.88 bits per heavy atom. The van der Waals surface area contributed by atoms with Crippen LogP contribution in [0, 0.1) is 19.7 Å². The number of hydrogen-bond acceptors (Lipinski definition) is 5. The van der Waals surface area contributed by atoms with Crippen molar-refractivity contribution in [1.82, 2.24) is 15.0 Å². The molecule has 0 radical (unpaired) electrons. The van der Waals surface area contributed by atoms with Gasteiger partial charge in [0.25, 0.3) is 0 Å². The lowest BCUT2D eigenvalue weighted by atomic mass is 9.96. The van der Waals surface area contributed by atoms with Crippen molar-refractivity contribution in [3.05, 3.63) is 64.3 Å². The molecule has 0 spiro atoms. The summed E-state index contributed by atoms with van der Waals surface area (Å²) in [5.74, 6) is 0.441. The standard InChI is InChI=1S/C24H26ClFN4O2/c1-14-10-15(2)21(20(25)11-14)27-23(31)16(3)30-9-5-7-18(13-30)24-28-22(29-32-24)17-6-4-8-19(26)12-17/h4,6,8,10-12,16,18H,5,7,9,13H2,1-3H3,(H,27,31). The van der Waals surface area contributed by atoms with E-state index >= 15 is 0 Å². The molecule has 4 rings (SSSR count). The van der Waals surface area contributed by atoms with Gasteiger partial charge in [0.15, 0.2) is 0 Å². The van der Waals surface area contributed by atoms with Gasteiger partial charge >= 0.3 is 0 Å². The zero-order valence-corrected chi connectivity index (χ0v) is 19.1. The lowest BCUT2D eigenvalue weighted by Crippen LogP contribution is -2.46. The van der Waals surface area contributed by atoms with Crippen LogP contribution >= 0.6 is 11.6 Å². The average Bonchev–Trinajstić information content (AvgIpc) is 3.26. The molecule has 32 heavy (non-hydrogen) atoms. The number of nitrogens with zero attached hydrogens (tertiary/aromatic N) is 3. The van der Waals surface area contributed by atoms with E-state index in [0.717, 1.165) is 30.5 Å². The minimum Gasteiger partial charge on any atom is -0.339 e. The van der Waals surface area contributed by atoms with Gasteiger partial charge in [0.2, 0.25) is 17.6 Å². The van der Waals surface area contributed by atoms with Crippen LogP contribution in [0.2, 0.25) is 5.02 Å². The largest absolute Gasteiger partial charge is 0.339 e. The summed E-state index contributed by atoms with van der Waals surface area (Å²) in [6.07, 6.45) is 1.79. The van der Waals surface area contributed by atoms with Gasteiger partial charge in [-0.05, 0) is 69.5 Å². The van der Waals surface area contributed by atoms with Crippen molar-refractivity contribution in [3.63, 3.8) is 0 Å². The van der Waals surface area contributed by atoms with Crippen molar-refractivity contribution in [3.8, 4) is 11.4 Å². The van der Waals surface area contributed by atoms with Crippen LogP contribution in [-0.4, -0.2) is 40.1 Å². The third kappa shape index (κ3) is 4.84. The fourth-order valence-corrected chi connectivity index (χ4v) is 4.54. The van der Waals surface area contributed by atoms with Crippen molar-refractivity contribution >= 4 is 23.2 Å². The maximum atomic E-state index is 13.5. The molecule has 6 nitrogen and oxygen atoms in total. The second-order valence-corrected chi connectivity index (χ2v) is 8.81. The first-order valence-corrected chi connectivity index (χ1v) is 11.1. The first-order valence-electron chi connectivity index (χ1n) is 10.7. The Hall–Kier alpha value is -2.77. The highest BCUT2D eigenvalue weighted by molar-refractivity contribution is 6.34. The van der Waals surface area contributed by atoms with E-state index in [4.69, 9.17) is 16.1 Å². The van der Waals surface area contributed by atoms with E-state index in [0.29, 0.717) is 34.5 Å². The molecule has 2 unspecified atom stereocenters. The zero-order chi connectivity index (χ0) is 22.8. The van der Waals surface area contributed by atoms with E-state index in [-0.39, 0.29) is 23.7 Å². The second-order valence-electron chi connectivity index (χ2n) is 8.40. The molecule has 0 bridgehead atoms. The molecular weight excluding hydrogens is 431 g/mol. The number of halogens is 2. The first kappa shape index (κ1) is 22.4. The zero-order valence-electron chi connectivity index (χ0n) is 18.4. The van der Waals surface area contributed by atoms with Crippen LogP contribution in [-0.2, 0) is 4.79 Å². The van der Waals surface area contributed by atoms with Crippen LogP contribution < -0.4 is 5.32 Å². The number of piperidine rings is 1. The quantitative estimate of drug-likeness (QED) is 0.560. The summed E-state index contributed by atoms with van der Waals surface area (Å²) >= 11 is 6.36. The van der Waals surface area contributed by atoms with Crippen LogP contribution in [0.1, 0.15) is 42.7 Å². The van der Waals surface area contributed by atoms with Gasteiger partial charge in [0.1, 0.15) is 5.82 Å². The molecule has 1 fully saturated rings. The third-order valence-corrected chi connectivity index (χ3v) is 6.23. The van der Waals surface area contributed by atoms with Gasteiger partial charge < -0.3 is 9.84 Å². The summed E-state index contributed by atoms with van der Waals surface area (Å²) in [6, 6.07) is 9.61. The minimum absolute atomic E-state index is 0.0125. The van der Waals surface area contributed by atoms with Gasteiger partial charge in [-0.3, -0.25) is 9.69 Å². The Labute approximate surface area is 191 Å². The Morgan fingerprint density at radius 1 is 1.31 bits per heavy atom. The molecule has 1 aliphatic rings. The van der Waals surface area contributed by atoms with E-state index in [1.807, 2.05) is 32.9 Å². The Balaban J connectivity index is 1.44. The second kappa shape index (κ2) is 9.38.